The van der Waals surface area contributed by atoms with Gasteiger partial charge in [0.15, 0.2) is 0 Å². The van der Waals surface area contributed by atoms with Gasteiger partial charge in [-0.3, -0.25) is 0 Å². The molecule has 112 valence electrons. The number of benzene rings is 1. The van der Waals surface area contributed by atoms with Crippen molar-refractivity contribution in [1.29, 1.82) is 0 Å². The smallest absolute Gasteiger partial charge is 0.146 e. The lowest BCUT2D eigenvalue weighted by molar-refractivity contribution is 0.192. The fraction of sp³-hybridized carbons (Fsp3) is 0.647. The molecule has 1 N–H and O–H groups in total. The Bertz CT molecular complexity index is 457. The number of nitrogens with zero attached hydrogens (tertiary/aromatic N) is 1. The molecule has 1 heterocycles. The molecule has 1 aliphatic heterocycles. The van der Waals surface area contributed by atoms with Gasteiger partial charge in [0, 0.05) is 18.7 Å². The molecule has 1 aliphatic rings. The van der Waals surface area contributed by atoms with E-state index < -0.39 is 6.10 Å². The van der Waals surface area contributed by atoms with Gasteiger partial charge in [-0.25, -0.2) is 4.39 Å². The van der Waals surface area contributed by atoms with E-state index in [1.54, 1.807) is 13.0 Å². The number of aliphatic hydroxyl groups is 1. The molecule has 0 unspecified atom stereocenters. The second kappa shape index (κ2) is 5.72. The van der Waals surface area contributed by atoms with Gasteiger partial charge in [-0.05, 0) is 37.2 Å². The molecule has 1 atom stereocenters. The van der Waals surface area contributed by atoms with Gasteiger partial charge in [0.05, 0.1) is 11.8 Å². The van der Waals surface area contributed by atoms with Crippen LogP contribution in [0.15, 0.2) is 18.2 Å². The summed E-state index contributed by atoms with van der Waals surface area (Å²) in [6.45, 7) is 10.2. The lowest BCUT2D eigenvalue weighted by Gasteiger charge is -2.40. The van der Waals surface area contributed by atoms with Crippen molar-refractivity contribution in [3.8, 4) is 0 Å². The molecule has 1 aromatic carbocycles. The van der Waals surface area contributed by atoms with E-state index in [0.717, 1.165) is 25.9 Å². The fourth-order valence-electron chi connectivity index (χ4n) is 3.17. The minimum atomic E-state index is -0.638. The zero-order valence-electron chi connectivity index (χ0n) is 13.0. The van der Waals surface area contributed by atoms with Gasteiger partial charge in [0.2, 0.25) is 0 Å². The van der Waals surface area contributed by atoms with Crippen LogP contribution >= 0.6 is 0 Å². The normalized spacial score (nSPS) is 19.2. The third kappa shape index (κ3) is 3.14. The minimum Gasteiger partial charge on any atom is -0.389 e. The van der Waals surface area contributed by atoms with E-state index in [2.05, 4.69) is 25.7 Å². The number of rotatable bonds is 2. The number of piperidine rings is 1. The number of hydrogen-bond acceptors (Lipinski definition) is 2. The summed E-state index contributed by atoms with van der Waals surface area (Å²) in [5.74, 6) is 0.457. The topological polar surface area (TPSA) is 23.5 Å². The Morgan fingerprint density at radius 2 is 1.85 bits per heavy atom. The Labute approximate surface area is 121 Å². The molecular formula is C17H26FNO. The zero-order valence-corrected chi connectivity index (χ0v) is 13.0. The van der Waals surface area contributed by atoms with E-state index in [9.17, 15) is 9.50 Å². The van der Waals surface area contributed by atoms with E-state index in [4.69, 9.17) is 0 Å². The molecule has 3 heteroatoms. The molecule has 2 nitrogen and oxygen atoms in total. The van der Waals surface area contributed by atoms with Gasteiger partial charge in [-0.15, -0.1) is 0 Å². The standard InChI is InChI=1S/C17H26FNO/c1-12(20)14-6-5-7-15(18)16(14)19-10-8-13(9-11-19)17(2,3)4/h5-7,12-13,20H,8-11H2,1-4H3/t12-/m0/s1. The van der Waals surface area contributed by atoms with E-state index >= 15 is 0 Å². The lowest BCUT2D eigenvalue weighted by Crippen LogP contribution is -2.39. The maximum Gasteiger partial charge on any atom is 0.146 e. The molecule has 0 bridgehead atoms. The van der Waals surface area contributed by atoms with Crippen LogP contribution in [0.3, 0.4) is 0 Å². The highest BCUT2D eigenvalue weighted by Crippen LogP contribution is 2.37. The molecule has 1 saturated heterocycles. The molecule has 0 radical (unpaired) electrons. The number of halogens is 1. The molecular weight excluding hydrogens is 253 g/mol. The number of para-hydroxylation sites is 1. The van der Waals surface area contributed by atoms with Crippen LogP contribution in [0.2, 0.25) is 0 Å². The molecule has 0 aliphatic carbocycles. The number of hydrogen-bond donors (Lipinski definition) is 1. The second-order valence-electron chi connectivity index (χ2n) is 6.98. The molecule has 0 spiro atoms. The average molecular weight is 279 g/mol. The maximum absolute atomic E-state index is 14.2. The first kappa shape index (κ1) is 15.3. The first-order chi connectivity index (χ1) is 9.30. The molecule has 0 amide bonds. The van der Waals surface area contributed by atoms with Crippen molar-refractivity contribution in [2.24, 2.45) is 11.3 Å². The van der Waals surface area contributed by atoms with Gasteiger partial charge in [-0.2, -0.15) is 0 Å². The zero-order chi connectivity index (χ0) is 14.9. The highest BCUT2D eigenvalue weighted by Gasteiger charge is 2.30. The van der Waals surface area contributed by atoms with Gasteiger partial charge in [0.25, 0.3) is 0 Å². The van der Waals surface area contributed by atoms with Crippen molar-refractivity contribution >= 4 is 5.69 Å². The summed E-state index contributed by atoms with van der Waals surface area (Å²) < 4.78 is 14.2. The van der Waals surface area contributed by atoms with Crippen LogP contribution in [-0.2, 0) is 0 Å². The van der Waals surface area contributed by atoms with Crippen LogP contribution in [0.25, 0.3) is 0 Å². The Hall–Kier alpha value is -1.09. The second-order valence-corrected chi connectivity index (χ2v) is 6.98. The summed E-state index contributed by atoms with van der Waals surface area (Å²) in [6, 6.07) is 4.97. The SMILES string of the molecule is C[C@H](O)c1cccc(F)c1N1CCC(C(C)(C)C)CC1. The van der Waals surface area contributed by atoms with Crippen LogP contribution < -0.4 is 4.90 Å². The Morgan fingerprint density at radius 3 is 2.35 bits per heavy atom. The van der Waals surface area contributed by atoms with Crippen molar-refractivity contribution in [2.75, 3.05) is 18.0 Å². The van der Waals surface area contributed by atoms with E-state index in [1.165, 1.54) is 6.07 Å². The highest BCUT2D eigenvalue weighted by atomic mass is 19.1. The quantitative estimate of drug-likeness (QED) is 0.879. The number of anilines is 1. The summed E-state index contributed by atoms with van der Waals surface area (Å²) >= 11 is 0. The minimum absolute atomic E-state index is 0.224. The molecule has 2 rings (SSSR count). The van der Waals surface area contributed by atoms with Crippen LogP contribution in [0.4, 0.5) is 10.1 Å². The van der Waals surface area contributed by atoms with Gasteiger partial charge < -0.3 is 10.0 Å². The molecule has 1 fully saturated rings. The molecule has 0 saturated carbocycles. The summed E-state index contributed by atoms with van der Waals surface area (Å²) in [4.78, 5) is 2.10. The molecule has 0 aromatic heterocycles. The van der Waals surface area contributed by atoms with Crippen LogP contribution in [0.5, 0.6) is 0 Å². The molecule has 20 heavy (non-hydrogen) atoms. The Balaban J connectivity index is 2.19. The third-order valence-corrected chi connectivity index (χ3v) is 4.50. The summed E-state index contributed by atoms with van der Waals surface area (Å²) in [5.41, 5.74) is 1.60. The largest absolute Gasteiger partial charge is 0.389 e. The lowest BCUT2D eigenvalue weighted by atomic mass is 9.75. The van der Waals surface area contributed by atoms with Gasteiger partial charge in [-0.1, -0.05) is 32.9 Å². The predicted octanol–water partition coefficient (Wildman–Crippen LogP) is 4.14. The van der Waals surface area contributed by atoms with Crippen molar-refractivity contribution in [2.45, 2.75) is 46.6 Å². The van der Waals surface area contributed by atoms with Crippen molar-refractivity contribution in [3.63, 3.8) is 0 Å². The van der Waals surface area contributed by atoms with Crippen molar-refractivity contribution in [1.82, 2.24) is 0 Å². The highest BCUT2D eigenvalue weighted by molar-refractivity contribution is 5.56. The predicted molar refractivity (Wildman–Crippen MR) is 81.4 cm³/mol. The van der Waals surface area contributed by atoms with Crippen LogP contribution in [-0.4, -0.2) is 18.2 Å². The third-order valence-electron chi connectivity index (χ3n) is 4.50. The summed E-state index contributed by atoms with van der Waals surface area (Å²) in [7, 11) is 0. The molecule has 1 aromatic rings. The summed E-state index contributed by atoms with van der Waals surface area (Å²) in [5, 5.41) is 9.85. The van der Waals surface area contributed by atoms with Crippen molar-refractivity contribution in [3.05, 3.63) is 29.6 Å². The number of aliphatic hydroxyl groups excluding tert-OH is 1. The van der Waals surface area contributed by atoms with E-state index in [1.807, 2.05) is 6.07 Å². The Morgan fingerprint density at radius 1 is 1.25 bits per heavy atom. The van der Waals surface area contributed by atoms with Gasteiger partial charge >= 0.3 is 0 Å². The van der Waals surface area contributed by atoms with Gasteiger partial charge in [0.1, 0.15) is 5.82 Å². The average Bonchev–Trinajstić information content (AvgIpc) is 2.37. The van der Waals surface area contributed by atoms with Crippen LogP contribution in [0.1, 0.15) is 52.2 Å². The summed E-state index contributed by atoms with van der Waals surface area (Å²) in [6.07, 6.45) is 1.52. The monoisotopic (exact) mass is 279 g/mol. The first-order valence-corrected chi connectivity index (χ1v) is 7.52. The maximum atomic E-state index is 14.2. The van der Waals surface area contributed by atoms with Crippen molar-refractivity contribution < 1.29 is 9.50 Å². The van der Waals surface area contributed by atoms with Crippen LogP contribution in [0, 0.1) is 17.2 Å². The fourth-order valence-corrected chi connectivity index (χ4v) is 3.17. The Kier molecular flexibility index (Phi) is 4.38. The van der Waals surface area contributed by atoms with E-state index in [-0.39, 0.29) is 5.82 Å². The van der Waals surface area contributed by atoms with E-state index in [0.29, 0.717) is 22.6 Å². The first-order valence-electron chi connectivity index (χ1n) is 7.52.